The second kappa shape index (κ2) is 6.68. The molecule has 0 saturated heterocycles. The summed E-state index contributed by atoms with van der Waals surface area (Å²) < 4.78 is 0. The summed E-state index contributed by atoms with van der Waals surface area (Å²) in [5, 5.41) is 4.99. The molecule has 0 radical (unpaired) electrons. The maximum absolute atomic E-state index is 6.30. The predicted octanol–water partition coefficient (Wildman–Crippen LogP) is 5.34. The Morgan fingerprint density at radius 2 is 1.90 bits per heavy atom. The molecule has 1 fully saturated rings. The number of halogens is 2. The van der Waals surface area contributed by atoms with Crippen LogP contribution in [-0.2, 0) is 6.42 Å². The van der Waals surface area contributed by atoms with E-state index in [4.69, 9.17) is 23.2 Å². The van der Waals surface area contributed by atoms with Crippen LogP contribution in [0.4, 0.5) is 0 Å². The number of rotatable bonds is 4. The highest BCUT2D eigenvalue weighted by Gasteiger charge is 2.30. The van der Waals surface area contributed by atoms with Crippen molar-refractivity contribution < 1.29 is 0 Å². The quantitative estimate of drug-likeness (QED) is 0.791. The van der Waals surface area contributed by atoms with Gasteiger partial charge >= 0.3 is 0 Å². The fourth-order valence-electron chi connectivity index (χ4n) is 3.25. The van der Waals surface area contributed by atoms with Crippen molar-refractivity contribution >= 4 is 23.2 Å². The minimum Gasteiger partial charge on any atom is -0.316 e. The Bertz CT molecular complexity index is 446. The first kappa shape index (κ1) is 16.1. The molecular formula is C17H25Cl2N. The predicted molar refractivity (Wildman–Crippen MR) is 88.8 cm³/mol. The molecule has 1 saturated carbocycles. The molecule has 1 nitrogen and oxygen atoms in total. The van der Waals surface area contributed by atoms with Crippen LogP contribution < -0.4 is 5.32 Å². The Balaban J connectivity index is 2.02. The zero-order valence-corrected chi connectivity index (χ0v) is 14.2. The molecule has 0 aromatic heterocycles. The van der Waals surface area contributed by atoms with Gasteiger partial charge in [0.25, 0.3) is 0 Å². The van der Waals surface area contributed by atoms with E-state index in [1.165, 1.54) is 31.2 Å². The number of hydrogen-bond acceptors (Lipinski definition) is 1. The molecule has 1 atom stereocenters. The number of benzene rings is 1. The second-order valence-corrected chi connectivity index (χ2v) is 7.68. The van der Waals surface area contributed by atoms with E-state index in [0.717, 1.165) is 17.4 Å². The highest BCUT2D eigenvalue weighted by atomic mass is 35.5. The van der Waals surface area contributed by atoms with Crippen molar-refractivity contribution in [2.75, 3.05) is 7.05 Å². The Morgan fingerprint density at radius 1 is 1.25 bits per heavy atom. The normalized spacial score (nSPS) is 20.9. The van der Waals surface area contributed by atoms with E-state index >= 15 is 0 Å². The highest BCUT2D eigenvalue weighted by Crippen LogP contribution is 2.40. The number of hydrogen-bond donors (Lipinski definition) is 1. The Labute approximate surface area is 133 Å². The molecule has 3 heteroatoms. The molecule has 0 spiro atoms. The minimum absolute atomic E-state index is 0.504. The Kier molecular flexibility index (Phi) is 5.39. The maximum atomic E-state index is 6.30. The topological polar surface area (TPSA) is 12.0 Å². The first-order valence-corrected chi connectivity index (χ1v) is 8.28. The van der Waals surface area contributed by atoms with E-state index in [0.29, 0.717) is 16.5 Å². The van der Waals surface area contributed by atoms with Gasteiger partial charge in [0.05, 0.1) is 0 Å². The van der Waals surface area contributed by atoms with E-state index in [-0.39, 0.29) is 0 Å². The average molecular weight is 314 g/mol. The van der Waals surface area contributed by atoms with Crippen molar-refractivity contribution in [1.29, 1.82) is 0 Å². The summed E-state index contributed by atoms with van der Waals surface area (Å²) in [5.74, 6) is 0.750. The molecule has 1 N–H and O–H groups in total. The van der Waals surface area contributed by atoms with E-state index in [2.05, 4.69) is 32.3 Å². The van der Waals surface area contributed by atoms with Gasteiger partial charge in [0.2, 0.25) is 0 Å². The van der Waals surface area contributed by atoms with Crippen LogP contribution >= 0.6 is 23.2 Å². The van der Waals surface area contributed by atoms with Gasteiger partial charge in [-0.25, -0.2) is 0 Å². The molecule has 0 amide bonds. The summed E-state index contributed by atoms with van der Waals surface area (Å²) in [5.41, 5.74) is 1.72. The fraction of sp³-hybridized carbons (Fsp3) is 0.647. The van der Waals surface area contributed by atoms with Crippen molar-refractivity contribution in [3.05, 3.63) is 33.8 Å². The van der Waals surface area contributed by atoms with Crippen LogP contribution in [0.1, 0.15) is 45.1 Å². The van der Waals surface area contributed by atoms with Crippen molar-refractivity contribution in [2.45, 2.75) is 52.0 Å². The van der Waals surface area contributed by atoms with Crippen molar-refractivity contribution in [1.82, 2.24) is 5.32 Å². The van der Waals surface area contributed by atoms with Gasteiger partial charge in [-0.2, -0.15) is 0 Å². The summed E-state index contributed by atoms with van der Waals surface area (Å²) in [7, 11) is 2.06. The molecular weight excluding hydrogens is 289 g/mol. The molecule has 1 aliphatic rings. The lowest BCUT2D eigenvalue weighted by atomic mass is 9.70. The van der Waals surface area contributed by atoms with Gasteiger partial charge in [-0.15, -0.1) is 0 Å². The molecule has 1 unspecified atom stereocenters. The Hall–Kier alpha value is -0.240. The minimum atomic E-state index is 0.504. The van der Waals surface area contributed by atoms with Crippen LogP contribution in [0.2, 0.25) is 10.0 Å². The van der Waals surface area contributed by atoms with Gasteiger partial charge in [0.1, 0.15) is 0 Å². The van der Waals surface area contributed by atoms with Crippen LogP contribution in [0, 0.1) is 11.3 Å². The number of likely N-dealkylation sites (N-methyl/N-ethyl adjacent to an activating group) is 1. The SMILES string of the molecule is CNC(Cc1ccc(Cl)cc1Cl)C1CCC(C)(C)CC1. The van der Waals surface area contributed by atoms with Crippen LogP contribution in [-0.4, -0.2) is 13.1 Å². The van der Waals surface area contributed by atoms with Crippen LogP contribution in [0.15, 0.2) is 18.2 Å². The molecule has 0 heterocycles. The lowest BCUT2D eigenvalue weighted by Gasteiger charge is -2.38. The highest BCUT2D eigenvalue weighted by molar-refractivity contribution is 6.35. The van der Waals surface area contributed by atoms with Gasteiger partial charge in [-0.05, 0) is 68.2 Å². The fourth-order valence-corrected chi connectivity index (χ4v) is 3.74. The van der Waals surface area contributed by atoms with Crippen LogP contribution in [0.5, 0.6) is 0 Å². The zero-order chi connectivity index (χ0) is 14.8. The third kappa shape index (κ3) is 4.13. The van der Waals surface area contributed by atoms with Crippen molar-refractivity contribution in [3.8, 4) is 0 Å². The summed E-state index contributed by atoms with van der Waals surface area (Å²) in [4.78, 5) is 0. The molecule has 1 aromatic rings. The lowest BCUT2D eigenvalue weighted by Crippen LogP contribution is -2.38. The molecule has 20 heavy (non-hydrogen) atoms. The van der Waals surface area contributed by atoms with E-state index in [1.807, 2.05) is 12.1 Å². The lowest BCUT2D eigenvalue weighted by molar-refractivity contribution is 0.163. The Morgan fingerprint density at radius 3 is 2.45 bits per heavy atom. The average Bonchev–Trinajstić information content (AvgIpc) is 2.39. The van der Waals surface area contributed by atoms with Crippen molar-refractivity contribution in [3.63, 3.8) is 0 Å². The largest absolute Gasteiger partial charge is 0.316 e. The molecule has 0 bridgehead atoms. The summed E-state index contributed by atoms with van der Waals surface area (Å²) in [6.07, 6.45) is 6.25. The first-order chi connectivity index (χ1) is 9.41. The first-order valence-electron chi connectivity index (χ1n) is 7.52. The third-order valence-corrected chi connectivity index (χ3v) is 5.37. The van der Waals surface area contributed by atoms with E-state index < -0.39 is 0 Å². The maximum Gasteiger partial charge on any atom is 0.0453 e. The zero-order valence-electron chi connectivity index (χ0n) is 12.7. The van der Waals surface area contributed by atoms with E-state index in [9.17, 15) is 0 Å². The number of nitrogens with one attached hydrogen (secondary N) is 1. The monoisotopic (exact) mass is 313 g/mol. The van der Waals surface area contributed by atoms with Crippen molar-refractivity contribution in [2.24, 2.45) is 11.3 Å². The third-order valence-electron chi connectivity index (χ3n) is 4.78. The van der Waals surface area contributed by atoms with Gasteiger partial charge in [-0.1, -0.05) is 43.1 Å². The smallest absolute Gasteiger partial charge is 0.0453 e. The van der Waals surface area contributed by atoms with Crippen LogP contribution in [0.3, 0.4) is 0 Å². The van der Waals surface area contributed by atoms with Gasteiger partial charge in [-0.3, -0.25) is 0 Å². The molecule has 0 aliphatic heterocycles. The standard InChI is InChI=1S/C17H25Cl2N/c1-17(2)8-6-12(7-9-17)16(20-3)10-13-4-5-14(18)11-15(13)19/h4-5,11-12,16,20H,6-10H2,1-3H3. The molecule has 1 aromatic carbocycles. The van der Waals surface area contributed by atoms with Gasteiger partial charge in [0, 0.05) is 16.1 Å². The summed E-state index contributed by atoms with van der Waals surface area (Å²) >= 11 is 12.3. The molecule has 1 aliphatic carbocycles. The van der Waals surface area contributed by atoms with Gasteiger partial charge in [0.15, 0.2) is 0 Å². The summed E-state index contributed by atoms with van der Waals surface area (Å²) in [6, 6.07) is 6.33. The second-order valence-electron chi connectivity index (χ2n) is 6.84. The van der Waals surface area contributed by atoms with E-state index in [1.54, 1.807) is 0 Å². The molecule has 2 rings (SSSR count). The van der Waals surface area contributed by atoms with Gasteiger partial charge < -0.3 is 5.32 Å². The molecule has 112 valence electrons. The van der Waals surface area contributed by atoms with Crippen LogP contribution in [0.25, 0.3) is 0 Å². The summed E-state index contributed by atoms with van der Waals surface area (Å²) in [6.45, 7) is 4.77.